The number of anilines is 2. The number of amides is 4. The van der Waals surface area contributed by atoms with Crippen LogP contribution in [0.3, 0.4) is 0 Å². The number of ketones is 4. The molecule has 9 aliphatic rings. The lowest BCUT2D eigenvalue weighted by Crippen LogP contribution is -2.47. The van der Waals surface area contributed by atoms with Crippen LogP contribution in [0.1, 0.15) is 157 Å². The summed E-state index contributed by atoms with van der Waals surface area (Å²) in [6, 6.07) is 9.19. The van der Waals surface area contributed by atoms with Gasteiger partial charge in [0.15, 0.2) is 17.9 Å². The van der Waals surface area contributed by atoms with Crippen LogP contribution in [0, 0.1) is 23.7 Å². The summed E-state index contributed by atoms with van der Waals surface area (Å²) < 4.78 is 15.7. The number of Topliss-reactive ketones (excluding diaryl/α,β-unsaturated/α-hetero) is 4. The molecule has 11 rings (SSSR count). The van der Waals surface area contributed by atoms with E-state index in [0.29, 0.717) is 52.3 Å². The van der Waals surface area contributed by atoms with Crippen LogP contribution in [0.15, 0.2) is 36.4 Å². The third-order valence-electron chi connectivity index (χ3n) is 18.0. The predicted molar refractivity (Wildman–Crippen MR) is 291 cm³/mol. The number of hydrogen-bond acceptors (Lipinski definition) is 16. The number of benzene rings is 2. The van der Waals surface area contributed by atoms with E-state index in [2.05, 4.69) is 19.6 Å². The van der Waals surface area contributed by atoms with Crippen molar-refractivity contribution >= 4 is 64.4 Å². The molecule has 2 aliphatic carbocycles. The first-order valence-electron chi connectivity index (χ1n) is 29.0. The van der Waals surface area contributed by atoms with Crippen molar-refractivity contribution in [3.63, 3.8) is 0 Å². The van der Waals surface area contributed by atoms with Gasteiger partial charge < -0.3 is 38.6 Å². The Morgan fingerprint density at radius 2 is 0.910 bits per heavy atom. The lowest BCUT2D eigenvalue weighted by molar-refractivity contribution is -0.134. The number of nitrogens with zero attached hydrogens (tertiary/aromatic N) is 6. The Bertz CT molecular complexity index is 2520. The quantitative estimate of drug-likeness (QED) is 0.0896. The maximum absolute atomic E-state index is 13.2. The fourth-order valence-electron chi connectivity index (χ4n) is 13.2. The summed E-state index contributed by atoms with van der Waals surface area (Å²) in [5.74, 6) is -0.127. The van der Waals surface area contributed by atoms with Gasteiger partial charge in [0.2, 0.25) is 0 Å². The molecule has 7 fully saturated rings. The van der Waals surface area contributed by atoms with E-state index < -0.39 is 35.7 Å². The van der Waals surface area contributed by atoms with Gasteiger partial charge in [-0.3, -0.25) is 48.2 Å². The van der Waals surface area contributed by atoms with Crippen LogP contribution in [0.25, 0.3) is 0 Å². The fraction of sp³-hybridized carbons (Fsp3) is 0.650. The van der Waals surface area contributed by atoms with Crippen molar-refractivity contribution in [1.29, 1.82) is 0 Å². The summed E-state index contributed by atoms with van der Waals surface area (Å²) in [7, 11) is 3.41. The Labute approximate surface area is 458 Å². The molecule has 4 amide bonds. The molecular weight excluding hydrogens is 997 g/mol. The normalized spacial score (nSPS) is 24.4. The highest BCUT2D eigenvalue weighted by molar-refractivity contribution is 6.25. The first-order chi connectivity index (χ1) is 37.8. The average molecular weight is 1080 g/mol. The SMILES string of the molecule is C1CCOC1.COC(CC1CCN(CC2CCN(c3ccc4c(c3)C(=O)N(C3CCC(=O)CC3=O)C4=O)CC2)CC1)OC.O=CCC1CCN(CC2CCN(c3ccc4c(c3)C(=O)N(C3CCC(=O)CC3=O)C4=O)CC2)CC1. The third-order valence-corrected chi connectivity index (χ3v) is 18.0. The zero-order chi connectivity index (χ0) is 54.9. The minimum Gasteiger partial charge on any atom is -0.381 e. The number of likely N-dealkylation sites (tertiary alicyclic amines) is 2. The highest BCUT2D eigenvalue weighted by Crippen LogP contribution is 2.36. The van der Waals surface area contributed by atoms with Gasteiger partial charge in [-0.05, 0) is 163 Å². The summed E-state index contributed by atoms with van der Waals surface area (Å²) in [5.41, 5.74) is 3.30. The van der Waals surface area contributed by atoms with E-state index >= 15 is 0 Å². The van der Waals surface area contributed by atoms with Crippen molar-refractivity contribution in [2.45, 2.75) is 134 Å². The van der Waals surface area contributed by atoms with Crippen LogP contribution in [0.5, 0.6) is 0 Å². The van der Waals surface area contributed by atoms with Crippen LogP contribution < -0.4 is 9.80 Å². The Balaban J connectivity index is 0.000000174. The van der Waals surface area contributed by atoms with E-state index in [1.54, 1.807) is 32.4 Å². The van der Waals surface area contributed by atoms with Gasteiger partial charge in [0.1, 0.15) is 17.9 Å². The van der Waals surface area contributed by atoms with Gasteiger partial charge in [-0.2, -0.15) is 0 Å². The van der Waals surface area contributed by atoms with Crippen molar-refractivity contribution in [2.75, 3.05) is 103 Å². The molecule has 0 spiro atoms. The molecule has 18 nitrogen and oxygen atoms in total. The lowest BCUT2D eigenvalue weighted by atomic mass is 9.91. The molecule has 2 aromatic carbocycles. The second-order valence-electron chi connectivity index (χ2n) is 23.1. The molecule has 2 saturated carbocycles. The molecule has 0 N–H and O–H groups in total. The van der Waals surface area contributed by atoms with Gasteiger partial charge in [0.25, 0.3) is 23.6 Å². The monoisotopic (exact) mass is 1080 g/mol. The molecule has 78 heavy (non-hydrogen) atoms. The fourth-order valence-corrected chi connectivity index (χ4v) is 13.2. The van der Waals surface area contributed by atoms with E-state index in [4.69, 9.17) is 14.2 Å². The summed E-state index contributed by atoms with van der Waals surface area (Å²) in [6.45, 7) is 12.3. The van der Waals surface area contributed by atoms with Crippen molar-refractivity contribution < 1.29 is 57.4 Å². The first kappa shape index (κ1) is 57.2. The number of carbonyl (C=O) groups is 9. The molecule has 5 saturated heterocycles. The topological polar surface area (TPSA) is 201 Å². The maximum atomic E-state index is 13.2. The largest absolute Gasteiger partial charge is 0.381 e. The molecular formula is C60H80N6O12. The summed E-state index contributed by atoms with van der Waals surface area (Å²) in [4.78, 5) is 123. The van der Waals surface area contributed by atoms with Crippen molar-refractivity contribution in [1.82, 2.24) is 19.6 Å². The number of ether oxygens (including phenoxy) is 3. The smallest absolute Gasteiger partial charge is 0.262 e. The molecule has 0 radical (unpaired) electrons. The van der Waals surface area contributed by atoms with Crippen molar-refractivity contribution in [3.8, 4) is 0 Å². The van der Waals surface area contributed by atoms with Gasteiger partial charge in [-0.1, -0.05) is 0 Å². The number of rotatable bonds is 14. The van der Waals surface area contributed by atoms with E-state index in [1.807, 2.05) is 18.2 Å². The van der Waals surface area contributed by atoms with Gasteiger partial charge in [0.05, 0.1) is 47.2 Å². The molecule has 0 aromatic heterocycles. The van der Waals surface area contributed by atoms with Gasteiger partial charge in [0, 0.05) is 104 Å². The zero-order valence-corrected chi connectivity index (χ0v) is 45.9. The number of carbonyl (C=O) groups excluding carboxylic acids is 9. The van der Waals surface area contributed by atoms with Crippen LogP contribution in [0.4, 0.5) is 11.4 Å². The summed E-state index contributed by atoms with van der Waals surface area (Å²) in [5, 5.41) is 0. The first-order valence-corrected chi connectivity index (χ1v) is 29.0. The van der Waals surface area contributed by atoms with E-state index in [-0.39, 0.29) is 67.9 Å². The number of fused-ring (bicyclic) bond motifs is 2. The van der Waals surface area contributed by atoms with Gasteiger partial charge in [-0.15, -0.1) is 0 Å². The van der Waals surface area contributed by atoms with E-state index in [1.165, 1.54) is 25.7 Å². The van der Waals surface area contributed by atoms with Crippen LogP contribution >= 0.6 is 0 Å². The average Bonchev–Trinajstić information content (AvgIpc) is 4.21. The van der Waals surface area contributed by atoms with Gasteiger partial charge in [-0.25, -0.2) is 0 Å². The number of piperidine rings is 4. The zero-order valence-electron chi connectivity index (χ0n) is 45.9. The van der Waals surface area contributed by atoms with Gasteiger partial charge >= 0.3 is 0 Å². The molecule has 18 heteroatoms. The Morgan fingerprint density at radius 1 is 0.513 bits per heavy atom. The maximum Gasteiger partial charge on any atom is 0.262 e. The number of methoxy groups -OCH3 is 2. The van der Waals surface area contributed by atoms with E-state index in [0.717, 1.165) is 151 Å². The van der Waals surface area contributed by atoms with Crippen LogP contribution in [-0.2, 0) is 38.2 Å². The second-order valence-corrected chi connectivity index (χ2v) is 23.1. The predicted octanol–water partition coefficient (Wildman–Crippen LogP) is 6.20. The number of hydrogen-bond donors (Lipinski definition) is 0. The molecule has 2 atom stereocenters. The van der Waals surface area contributed by atoms with Crippen molar-refractivity contribution in [3.05, 3.63) is 58.7 Å². The second kappa shape index (κ2) is 26.6. The molecule has 7 heterocycles. The Kier molecular flexibility index (Phi) is 19.5. The molecule has 422 valence electrons. The number of imide groups is 2. The minimum absolute atomic E-state index is 0.105. The summed E-state index contributed by atoms with van der Waals surface area (Å²) in [6.07, 6.45) is 14.6. The third kappa shape index (κ3) is 13.5. The summed E-state index contributed by atoms with van der Waals surface area (Å²) >= 11 is 0. The Hall–Kier alpha value is -5.53. The van der Waals surface area contributed by atoms with Crippen LogP contribution in [-0.4, -0.2) is 184 Å². The standard InChI is InChI=1S/C29H39N3O6.C27H33N3O5.C4H8O/c1-37-27(38-2)15-19-7-11-30(12-8-19)18-20-9-13-31(14-10-20)21-3-5-23-24(16-21)29(36)32(28(23)35)25-6-4-22(33)17-26(25)34;31-14-9-18-5-10-28(11-6-18)17-19-7-12-29(13-8-19)20-1-3-22-23(15-20)27(35)30(26(22)34)24-4-2-21(32)16-25(24)33;1-2-4-5-3-1/h3,5,16,19-20,25,27H,4,6-15,17-18H2,1-2H3;1,3,14-15,18-19,24H,2,4-13,16-17H2;1-4H2. The molecule has 2 unspecified atom stereocenters. The Morgan fingerprint density at radius 3 is 1.28 bits per heavy atom. The van der Waals surface area contributed by atoms with E-state index in [9.17, 15) is 43.2 Å². The minimum atomic E-state index is -0.831. The van der Waals surface area contributed by atoms with Crippen molar-refractivity contribution in [2.24, 2.45) is 23.7 Å². The van der Waals surface area contributed by atoms with Crippen LogP contribution in [0.2, 0.25) is 0 Å². The molecule has 2 aromatic rings. The highest BCUT2D eigenvalue weighted by Gasteiger charge is 2.46. The number of aldehydes is 1. The lowest BCUT2D eigenvalue weighted by Gasteiger charge is -2.38. The molecule has 0 bridgehead atoms. The molecule has 7 aliphatic heterocycles. The highest BCUT2D eigenvalue weighted by atomic mass is 16.7.